The summed E-state index contributed by atoms with van der Waals surface area (Å²) in [5, 5.41) is 0. The summed E-state index contributed by atoms with van der Waals surface area (Å²) in [6.45, 7) is 47.8. The summed E-state index contributed by atoms with van der Waals surface area (Å²) in [7, 11) is 0. The standard InChI is InChI=1S/C74H90BN3/c1-67(2,3)47-21-27-51(28-22-47)77-62-35-25-49(69(7,8)9)41-60(62)75-61-42-50(70(10,11)12)26-36-63(61)78(52-29-23-48(24-30-52)68(4,5)6)65-46-55(45-64(77)66(65)75)76(53-31-33-56-58(43-53)73(17,18)39-37-71(56,13)14)54-32-34-57-59(44-54)74(19,20)40-38-72(57,15)16/h21-36,41-46H,37-40H2,1-20H3. The summed E-state index contributed by atoms with van der Waals surface area (Å²) in [4.78, 5) is 7.89. The molecule has 78 heavy (non-hydrogen) atoms. The van der Waals surface area contributed by atoms with E-state index in [-0.39, 0.29) is 50.0 Å². The average Bonchev–Trinajstić information content (AvgIpc) is 2.97. The highest BCUT2D eigenvalue weighted by Gasteiger charge is 2.46. The molecular formula is C74H90BN3. The fourth-order valence-electron chi connectivity index (χ4n) is 13.7. The molecule has 0 amide bonds. The highest BCUT2D eigenvalue weighted by atomic mass is 15.2. The van der Waals surface area contributed by atoms with Crippen molar-refractivity contribution in [2.24, 2.45) is 0 Å². The first-order valence-electron chi connectivity index (χ1n) is 29.5. The number of nitrogens with zero attached hydrogens (tertiary/aromatic N) is 3. The van der Waals surface area contributed by atoms with Gasteiger partial charge in [0, 0.05) is 45.5 Å². The number of benzene rings is 7. The van der Waals surface area contributed by atoms with Crippen LogP contribution in [0.3, 0.4) is 0 Å². The maximum atomic E-state index is 2.64. The fourth-order valence-corrected chi connectivity index (χ4v) is 13.7. The Kier molecular flexibility index (Phi) is 12.3. The number of fused-ring (bicyclic) bond motifs is 6. The van der Waals surface area contributed by atoms with Gasteiger partial charge in [0.05, 0.1) is 5.69 Å². The molecule has 4 aliphatic rings. The third kappa shape index (κ3) is 9.04. The largest absolute Gasteiger partial charge is 0.311 e. The van der Waals surface area contributed by atoms with Crippen LogP contribution in [0.4, 0.5) is 51.2 Å². The van der Waals surface area contributed by atoms with Crippen LogP contribution in [0.5, 0.6) is 0 Å². The molecule has 4 heteroatoms. The van der Waals surface area contributed by atoms with Crippen LogP contribution >= 0.6 is 0 Å². The van der Waals surface area contributed by atoms with Gasteiger partial charge in [-0.2, -0.15) is 0 Å². The molecule has 0 atom stereocenters. The summed E-state index contributed by atoms with van der Waals surface area (Å²) in [5.41, 5.74) is 26.3. The highest BCUT2D eigenvalue weighted by Crippen LogP contribution is 2.54. The lowest BCUT2D eigenvalue weighted by Crippen LogP contribution is -2.61. The molecule has 0 aromatic heterocycles. The molecule has 0 bridgehead atoms. The first-order valence-corrected chi connectivity index (χ1v) is 29.5. The van der Waals surface area contributed by atoms with Crippen LogP contribution in [0.25, 0.3) is 0 Å². The van der Waals surface area contributed by atoms with Crippen molar-refractivity contribution in [2.45, 2.75) is 207 Å². The first-order chi connectivity index (χ1) is 36.2. The maximum absolute atomic E-state index is 2.64. The van der Waals surface area contributed by atoms with E-state index < -0.39 is 0 Å². The normalized spacial score (nSPS) is 17.9. The van der Waals surface area contributed by atoms with Crippen LogP contribution < -0.4 is 31.1 Å². The Labute approximate surface area is 472 Å². The minimum atomic E-state index is -0.0510. The molecule has 0 fully saturated rings. The monoisotopic (exact) mass is 1030 g/mol. The maximum Gasteiger partial charge on any atom is 0.252 e. The molecule has 3 nitrogen and oxygen atoms in total. The quantitative estimate of drug-likeness (QED) is 0.159. The average molecular weight is 1030 g/mol. The van der Waals surface area contributed by atoms with Crippen molar-refractivity contribution in [1.82, 2.24) is 0 Å². The molecule has 2 heterocycles. The predicted octanol–water partition coefficient (Wildman–Crippen LogP) is 19.1. The zero-order valence-electron chi connectivity index (χ0n) is 51.4. The summed E-state index contributed by atoms with van der Waals surface area (Å²) in [5.74, 6) is 0. The van der Waals surface area contributed by atoms with E-state index in [0.29, 0.717) is 0 Å². The van der Waals surface area contributed by atoms with Gasteiger partial charge in [0.1, 0.15) is 0 Å². The van der Waals surface area contributed by atoms with E-state index >= 15 is 0 Å². The molecule has 0 saturated heterocycles. The second-order valence-electron chi connectivity index (χ2n) is 31.0. The Balaban J connectivity index is 1.29. The van der Waals surface area contributed by atoms with Gasteiger partial charge in [0.15, 0.2) is 0 Å². The van der Waals surface area contributed by atoms with Crippen LogP contribution in [0, 0.1) is 0 Å². The van der Waals surface area contributed by atoms with Gasteiger partial charge in [-0.3, -0.25) is 0 Å². The third-order valence-corrected chi connectivity index (χ3v) is 19.2. The molecule has 0 saturated carbocycles. The van der Waals surface area contributed by atoms with Crippen LogP contribution in [-0.4, -0.2) is 6.71 Å². The molecule has 0 unspecified atom stereocenters. The lowest BCUT2D eigenvalue weighted by molar-refractivity contribution is 0.332. The fraction of sp³-hybridized carbons (Fsp3) is 0.432. The van der Waals surface area contributed by atoms with E-state index in [1.807, 2.05) is 0 Å². The molecule has 0 N–H and O–H groups in total. The number of hydrogen-bond acceptors (Lipinski definition) is 3. The van der Waals surface area contributed by atoms with Gasteiger partial charge in [-0.15, -0.1) is 0 Å². The van der Waals surface area contributed by atoms with Crippen LogP contribution in [0.2, 0.25) is 0 Å². The van der Waals surface area contributed by atoms with Crippen molar-refractivity contribution < 1.29 is 0 Å². The Bertz CT molecular complexity index is 3270. The van der Waals surface area contributed by atoms with Gasteiger partial charge in [0.2, 0.25) is 0 Å². The second kappa shape index (κ2) is 17.8. The predicted molar refractivity (Wildman–Crippen MR) is 341 cm³/mol. The Morgan fingerprint density at radius 2 is 0.654 bits per heavy atom. The number of hydrogen-bond donors (Lipinski definition) is 0. The van der Waals surface area contributed by atoms with E-state index in [1.54, 1.807) is 0 Å². The molecule has 7 aromatic carbocycles. The van der Waals surface area contributed by atoms with Gasteiger partial charge < -0.3 is 14.7 Å². The molecule has 404 valence electrons. The third-order valence-electron chi connectivity index (χ3n) is 19.2. The highest BCUT2D eigenvalue weighted by molar-refractivity contribution is 7.00. The van der Waals surface area contributed by atoms with Gasteiger partial charge in [-0.05, 0) is 203 Å². The first kappa shape index (κ1) is 54.0. The second-order valence-corrected chi connectivity index (χ2v) is 31.0. The van der Waals surface area contributed by atoms with Crippen LogP contribution in [-0.2, 0) is 43.3 Å². The Hall–Kier alpha value is -6.00. The Morgan fingerprint density at radius 1 is 0.333 bits per heavy atom. The molecule has 11 rings (SSSR count). The van der Waals surface area contributed by atoms with Crippen molar-refractivity contribution in [3.63, 3.8) is 0 Å². The van der Waals surface area contributed by atoms with Crippen molar-refractivity contribution in [3.05, 3.63) is 178 Å². The minimum absolute atomic E-state index is 0.0133. The molecule has 0 radical (unpaired) electrons. The summed E-state index contributed by atoms with van der Waals surface area (Å²) in [6.07, 6.45) is 4.67. The zero-order valence-corrected chi connectivity index (χ0v) is 51.4. The summed E-state index contributed by atoms with van der Waals surface area (Å²) < 4.78 is 0. The van der Waals surface area contributed by atoms with E-state index in [4.69, 9.17) is 0 Å². The van der Waals surface area contributed by atoms with E-state index in [1.165, 1.54) is 119 Å². The zero-order chi connectivity index (χ0) is 56.2. The lowest BCUT2D eigenvalue weighted by atomic mass is 9.33. The molecule has 2 aliphatic carbocycles. The Morgan fingerprint density at radius 3 is 0.987 bits per heavy atom. The van der Waals surface area contributed by atoms with Crippen molar-refractivity contribution in [1.29, 1.82) is 0 Å². The summed E-state index contributed by atoms with van der Waals surface area (Å²) in [6, 6.07) is 54.0. The number of anilines is 9. The molecular weight excluding hydrogens is 942 g/mol. The SMILES string of the molecule is CC(C)(C)c1ccc(N2c3ccc(C(C)(C)C)cc3B3c4cc(C(C)(C)C)ccc4N(c4ccc(C(C)(C)C)cc4)c4cc(N(c5ccc6c(c5)C(C)(C)CCC6(C)C)c5ccc6c(c5)C(C)(C)CCC6(C)C)cc2c43)cc1. The summed E-state index contributed by atoms with van der Waals surface area (Å²) >= 11 is 0. The van der Waals surface area contributed by atoms with Crippen molar-refractivity contribution in [3.8, 4) is 0 Å². The van der Waals surface area contributed by atoms with Crippen LogP contribution in [0.15, 0.2) is 133 Å². The van der Waals surface area contributed by atoms with E-state index in [2.05, 4.69) is 287 Å². The lowest BCUT2D eigenvalue weighted by Gasteiger charge is -2.46. The minimum Gasteiger partial charge on any atom is -0.311 e. The van der Waals surface area contributed by atoms with E-state index in [9.17, 15) is 0 Å². The van der Waals surface area contributed by atoms with Crippen molar-refractivity contribution in [2.75, 3.05) is 14.7 Å². The number of rotatable bonds is 5. The molecule has 0 spiro atoms. The topological polar surface area (TPSA) is 9.72 Å². The molecule has 2 aliphatic heterocycles. The molecule has 7 aromatic rings. The van der Waals surface area contributed by atoms with Crippen molar-refractivity contribution >= 4 is 74.3 Å². The van der Waals surface area contributed by atoms with Gasteiger partial charge in [-0.25, -0.2) is 0 Å². The van der Waals surface area contributed by atoms with Crippen LogP contribution in [0.1, 0.15) is 209 Å². The smallest absolute Gasteiger partial charge is 0.252 e. The van der Waals surface area contributed by atoms with Gasteiger partial charge in [-0.1, -0.05) is 199 Å². The van der Waals surface area contributed by atoms with Gasteiger partial charge >= 0.3 is 0 Å². The van der Waals surface area contributed by atoms with Gasteiger partial charge in [0.25, 0.3) is 6.71 Å². The van der Waals surface area contributed by atoms with E-state index in [0.717, 1.165) is 18.5 Å².